The number of carbonyl (C=O) groups is 2. The summed E-state index contributed by atoms with van der Waals surface area (Å²) in [7, 11) is 0. The molecule has 1 amide bonds. The van der Waals surface area contributed by atoms with Gasteiger partial charge in [0.2, 0.25) is 5.91 Å². The number of amides is 1. The van der Waals surface area contributed by atoms with Crippen molar-refractivity contribution in [1.29, 1.82) is 0 Å². The molecule has 3 aromatic rings. The Hall–Kier alpha value is -3.40. The maximum absolute atomic E-state index is 13.8. The molecule has 1 aliphatic rings. The fourth-order valence-corrected chi connectivity index (χ4v) is 4.65. The molecule has 0 heterocycles. The zero-order chi connectivity index (χ0) is 21.7. The van der Waals surface area contributed by atoms with Crippen molar-refractivity contribution in [2.75, 3.05) is 6.61 Å². The molecule has 2 unspecified atom stereocenters. The highest BCUT2D eigenvalue weighted by atomic mass is 16.5. The molecule has 0 fully saturated rings. The van der Waals surface area contributed by atoms with E-state index in [1.807, 2.05) is 91.9 Å². The first-order valence-corrected chi connectivity index (χ1v) is 10.8. The summed E-state index contributed by atoms with van der Waals surface area (Å²) >= 11 is 0. The molecule has 0 aliphatic heterocycles. The number of nitrogens with one attached hydrogen (secondary N) is 1. The zero-order valence-corrected chi connectivity index (χ0v) is 17.7. The van der Waals surface area contributed by atoms with Crippen molar-refractivity contribution in [3.63, 3.8) is 0 Å². The van der Waals surface area contributed by atoms with Gasteiger partial charge in [0.25, 0.3) is 0 Å². The molecule has 0 saturated carbocycles. The molecule has 4 nitrogen and oxygen atoms in total. The molecule has 1 aliphatic carbocycles. The van der Waals surface area contributed by atoms with E-state index in [0.29, 0.717) is 26.0 Å². The topological polar surface area (TPSA) is 55.4 Å². The number of carbonyl (C=O) groups excluding carboxylic acids is 2. The molecule has 2 atom stereocenters. The molecule has 0 spiro atoms. The van der Waals surface area contributed by atoms with Gasteiger partial charge in [0.1, 0.15) is 0 Å². The second-order valence-electron chi connectivity index (χ2n) is 7.87. The van der Waals surface area contributed by atoms with Crippen LogP contribution in [0.1, 0.15) is 47.9 Å². The van der Waals surface area contributed by atoms with Gasteiger partial charge in [-0.3, -0.25) is 9.59 Å². The number of benzene rings is 3. The third-order valence-corrected chi connectivity index (χ3v) is 6.13. The monoisotopic (exact) mass is 413 g/mol. The SMILES string of the molecule is CCOC(=O)C1CCC(C(=O)NCc2ccccc2)(c2ccccc2)c2ccccc21. The van der Waals surface area contributed by atoms with E-state index in [9.17, 15) is 9.59 Å². The van der Waals surface area contributed by atoms with E-state index < -0.39 is 5.41 Å². The minimum atomic E-state index is -0.852. The van der Waals surface area contributed by atoms with Gasteiger partial charge in [0.15, 0.2) is 0 Å². The number of ether oxygens (including phenoxy) is 1. The van der Waals surface area contributed by atoms with E-state index in [1.165, 1.54) is 0 Å². The fraction of sp³-hybridized carbons (Fsp3) is 0.259. The van der Waals surface area contributed by atoms with Crippen LogP contribution in [-0.2, 0) is 26.3 Å². The van der Waals surface area contributed by atoms with Gasteiger partial charge in [-0.05, 0) is 42.0 Å². The minimum Gasteiger partial charge on any atom is -0.466 e. The van der Waals surface area contributed by atoms with Crippen molar-refractivity contribution in [3.05, 3.63) is 107 Å². The van der Waals surface area contributed by atoms with E-state index in [4.69, 9.17) is 4.74 Å². The van der Waals surface area contributed by atoms with Crippen molar-refractivity contribution in [1.82, 2.24) is 5.32 Å². The molecule has 3 aromatic carbocycles. The van der Waals surface area contributed by atoms with Crippen LogP contribution < -0.4 is 5.32 Å². The van der Waals surface area contributed by atoms with Crippen LogP contribution in [0.25, 0.3) is 0 Å². The van der Waals surface area contributed by atoms with Crippen LogP contribution in [0.5, 0.6) is 0 Å². The van der Waals surface area contributed by atoms with E-state index in [0.717, 1.165) is 22.3 Å². The lowest BCUT2D eigenvalue weighted by molar-refractivity contribution is -0.145. The lowest BCUT2D eigenvalue weighted by atomic mass is 9.62. The molecular formula is C27H27NO3. The summed E-state index contributed by atoms with van der Waals surface area (Å²) in [6.07, 6.45) is 1.10. The summed E-state index contributed by atoms with van der Waals surface area (Å²) in [5.74, 6) is -0.617. The molecular weight excluding hydrogens is 386 g/mol. The largest absolute Gasteiger partial charge is 0.466 e. The first kappa shape index (κ1) is 20.9. The first-order valence-electron chi connectivity index (χ1n) is 10.8. The second kappa shape index (κ2) is 9.17. The number of hydrogen-bond donors (Lipinski definition) is 1. The zero-order valence-electron chi connectivity index (χ0n) is 17.7. The quantitative estimate of drug-likeness (QED) is 0.595. The highest BCUT2D eigenvalue weighted by Gasteiger charge is 2.48. The number of esters is 1. The normalized spacial score (nSPS) is 19.8. The average Bonchev–Trinajstić information content (AvgIpc) is 2.83. The standard InChI is InChI=1S/C27H27NO3/c1-2-31-25(29)23-17-18-27(21-13-7-4-8-14-21,24-16-10-9-15-22(23)24)26(30)28-19-20-11-5-3-6-12-20/h3-16,23H,2,17-19H2,1H3,(H,28,30). The van der Waals surface area contributed by atoms with E-state index in [-0.39, 0.29) is 17.8 Å². The smallest absolute Gasteiger partial charge is 0.313 e. The van der Waals surface area contributed by atoms with Crippen molar-refractivity contribution in [2.45, 2.75) is 37.6 Å². The van der Waals surface area contributed by atoms with E-state index >= 15 is 0 Å². The Labute approximate surface area is 183 Å². The predicted octanol–water partition coefficient (Wildman–Crippen LogP) is 4.73. The molecule has 31 heavy (non-hydrogen) atoms. The second-order valence-corrected chi connectivity index (χ2v) is 7.87. The summed E-state index contributed by atoms with van der Waals surface area (Å²) < 4.78 is 5.34. The van der Waals surface area contributed by atoms with Crippen LogP contribution in [0.2, 0.25) is 0 Å². The van der Waals surface area contributed by atoms with Gasteiger partial charge in [0, 0.05) is 6.54 Å². The molecule has 0 saturated heterocycles. The van der Waals surface area contributed by atoms with Crippen molar-refractivity contribution >= 4 is 11.9 Å². The summed E-state index contributed by atoms with van der Waals surface area (Å²) in [4.78, 5) is 26.5. The van der Waals surface area contributed by atoms with E-state index in [1.54, 1.807) is 0 Å². The van der Waals surface area contributed by atoms with Crippen LogP contribution in [0.3, 0.4) is 0 Å². The molecule has 0 radical (unpaired) electrons. The lowest BCUT2D eigenvalue weighted by Crippen LogP contribution is -2.48. The minimum absolute atomic E-state index is 0.0442. The number of fused-ring (bicyclic) bond motifs is 1. The van der Waals surface area contributed by atoms with Gasteiger partial charge in [-0.2, -0.15) is 0 Å². The third kappa shape index (κ3) is 3.98. The van der Waals surface area contributed by atoms with Crippen LogP contribution in [0.15, 0.2) is 84.9 Å². The number of rotatable bonds is 6. The van der Waals surface area contributed by atoms with Gasteiger partial charge in [-0.15, -0.1) is 0 Å². The van der Waals surface area contributed by atoms with Crippen molar-refractivity contribution < 1.29 is 14.3 Å². The molecule has 1 N–H and O–H groups in total. The highest BCUT2D eigenvalue weighted by Crippen LogP contribution is 2.47. The van der Waals surface area contributed by atoms with Crippen molar-refractivity contribution in [2.24, 2.45) is 0 Å². The average molecular weight is 414 g/mol. The summed E-state index contributed by atoms with van der Waals surface area (Å²) in [5.41, 5.74) is 2.90. The lowest BCUT2D eigenvalue weighted by Gasteiger charge is -2.40. The Morgan fingerprint density at radius 3 is 2.29 bits per heavy atom. The van der Waals surface area contributed by atoms with Crippen LogP contribution in [0.4, 0.5) is 0 Å². The maximum atomic E-state index is 13.8. The van der Waals surface area contributed by atoms with Crippen LogP contribution >= 0.6 is 0 Å². The molecule has 4 rings (SSSR count). The molecule has 0 bridgehead atoms. The van der Waals surface area contributed by atoms with Gasteiger partial charge in [0.05, 0.1) is 17.9 Å². The van der Waals surface area contributed by atoms with Crippen LogP contribution in [0, 0.1) is 0 Å². The molecule has 0 aromatic heterocycles. The summed E-state index contributed by atoms with van der Waals surface area (Å²) in [6, 6.07) is 27.6. The highest BCUT2D eigenvalue weighted by molar-refractivity contribution is 5.94. The van der Waals surface area contributed by atoms with Gasteiger partial charge in [-0.1, -0.05) is 84.9 Å². The number of hydrogen-bond acceptors (Lipinski definition) is 3. The molecule has 4 heteroatoms. The summed E-state index contributed by atoms with van der Waals surface area (Å²) in [6.45, 7) is 2.62. The Balaban J connectivity index is 1.77. The van der Waals surface area contributed by atoms with Gasteiger partial charge in [-0.25, -0.2) is 0 Å². The Kier molecular flexibility index (Phi) is 6.17. The predicted molar refractivity (Wildman–Crippen MR) is 121 cm³/mol. The Morgan fingerprint density at radius 1 is 0.935 bits per heavy atom. The maximum Gasteiger partial charge on any atom is 0.313 e. The Bertz CT molecular complexity index is 1050. The first-order chi connectivity index (χ1) is 15.2. The van der Waals surface area contributed by atoms with Gasteiger partial charge >= 0.3 is 5.97 Å². The Morgan fingerprint density at radius 2 is 1.58 bits per heavy atom. The molecule has 158 valence electrons. The van der Waals surface area contributed by atoms with Crippen molar-refractivity contribution in [3.8, 4) is 0 Å². The third-order valence-electron chi connectivity index (χ3n) is 6.13. The summed E-state index contributed by atoms with van der Waals surface area (Å²) in [5, 5.41) is 3.16. The van der Waals surface area contributed by atoms with Crippen LogP contribution in [-0.4, -0.2) is 18.5 Å². The fourth-order valence-electron chi connectivity index (χ4n) is 4.65. The van der Waals surface area contributed by atoms with Gasteiger partial charge < -0.3 is 10.1 Å². The van der Waals surface area contributed by atoms with E-state index in [2.05, 4.69) is 5.32 Å².